The number of hydrogen-bond donors (Lipinski definition) is 0. The molecule has 2 heteroatoms. The first-order valence-electron chi connectivity index (χ1n) is 16.3. The number of benzene rings is 5. The number of nitrogens with zero attached hydrogens (tertiary/aromatic N) is 2. The van der Waals surface area contributed by atoms with Crippen molar-refractivity contribution < 1.29 is 0 Å². The summed E-state index contributed by atoms with van der Waals surface area (Å²) in [5.41, 5.74) is 14.1. The number of aromatic nitrogens is 2. The van der Waals surface area contributed by atoms with Crippen LogP contribution in [0.3, 0.4) is 0 Å². The summed E-state index contributed by atoms with van der Waals surface area (Å²) in [4.78, 5) is 10.3. The molecule has 0 radical (unpaired) electrons. The third-order valence-electron chi connectivity index (χ3n) is 9.54. The van der Waals surface area contributed by atoms with Gasteiger partial charge in [-0.15, -0.1) is 0 Å². The van der Waals surface area contributed by atoms with Gasteiger partial charge in [-0.25, -0.2) is 0 Å². The molecule has 0 saturated heterocycles. The maximum absolute atomic E-state index is 5.33. The van der Waals surface area contributed by atoms with E-state index in [1.54, 1.807) is 0 Å². The molecule has 8 rings (SSSR count). The van der Waals surface area contributed by atoms with E-state index in [-0.39, 0.29) is 0 Å². The molecule has 1 fully saturated rings. The van der Waals surface area contributed by atoms with Crippen LogP contribution in [0.25, 0.3) is 66.3 Å². The molecule has 0 unspecified atom stereocenters. The second-order valence-corrected chi connectivity index (χ2v) is 12.5. The molecule has 0 bridgehead atoms. The maximum atomic E-state index is 5.33. The van der Waals surface area contributed by atoms with Crippen LogP contribution in [0.5, 0.6) is 0 Å². The monoisotopic (exact) mass is 580 g/mol. The second-order valence-electron chi connectivity index (χ2n) is 12.5. The number of pyridine rings is 2. The zero-order chi connectivity index (χ0) is 30.2. The average molecular weight is 581 g/mol. The van der Waals surface area contributed by atoms with Crippen LogP contribution in [0.15, 0.2) is 133 Å². The fourth-order valence-corrected chi connectivity index (χ4v) is 7.13. The average Bonchev–Trinajstić information content (AvgIpc) is 3.12. The van der Waals surface area contributed by atoms with Crippen LogP contribution in [-0.4, -0.2) is 9.97 Å². The number of hydrogen-bond acceptors (Lipinski definition) is 2. The molecule has 5 aromatic carbocycles. The normalized spacial score (nSPS) is 13.8. The van der Waals surface area contributed by atoms with Gasteiger partial charge >= 0.3 is 0 Å². The number of aryl methyl sites for hydroxylation is 1. The van der Waals surface area contributed by atoms with Crippen LogP contribution in [0.4, 0.5) is 0 Å². The van der Waals surface area contributed by atoms with Crippen molar-refractivity contribution in [2.75, 3.05) is 0 Å². The molecule has 45 heavy (non-hydrogen) atoms. The van der Waals surface area contributed by atoms with Crippen molar-refractivity contribution in [2.45, 2.75) is 44.9 Å². The topological polar surface area (TPSA) is 25.8 Å². The smallest absolute Gasteiger partial charge is 0.0974 e. The van der Waals surface area contributed by atoms with Crippen LogP contribution in [0.1, 0.15) is 49.4 Å². The van der Waals surface area contributed by atoms with Crippen molar-refractivity contribution in [3.8, 4) is 44.5 Å². The lowest BCUT2D eigenvalue weighted by molar-refractivity contribution is 0.437. The van der Waals surface area contributed by atoms with Gasteiger partial charge in [-0.05, 0) is 82.5 Å². The van der Waals surface area contributed by atoms with Crippen LogP contribution >= 0.6 is 0 Å². The van der Waals surface area contributed by atoms with E-state index in [4.69, 9.17) is 9.97 Å². The molecule has 2 nitrogen and oxygen atoms in total. The predicted molar refractivity (Wildman–Crippen MR) is 189 cm³/mol. The molecule has 2 heterocycles. The second kappa shape index (κ2) is 11.8. The first kappa shape index (κ1) is 27.5. The van der Waals surface area contributed by atoms with Crippen molar-refractivity contribution in [3.63, 3.8) is 0 Å². The zero-order valence-corrected chi connectivity index (χ0v) is 25.7. The Bertz CT molecular complexity index is 2120. The van der Waals surface area contributed by atoms with E-state index in [2.05, 4.69) is 140 Å². The summed E-state index contributed by atoms with van der Waals surface area (Å²) in [5.74, 6) is 0.515. The largest absolute Gasteiger partial charge is 0.251 e. The Balaban J connectivity index is 1.24. The molecule has 1 saturated carbocycles. The fraction of sp³-hybridized carbons (Fsp3) is 0.163. The summed E-state index contributed by atoms with van der Waals surface area (Å²) in [6.45, 7) is 2.07. The Labute approximate surface area is 265 Å². The lowest BCUT2D eigenvalue weighted by Gasteiger charge is -2.22. The molecular formula is C43H36N2. The van der Waals surface area contributed by atoms with E-state index in [0.717, 1.165) is 22.1 Å². The van der Waals surface area contributed by atoms with Crippen LogP contribution in [-0.2, 0) is 0 Å². The fourth-order valence-electron chi connectivity index (χ4n) is 7.13. The van der Waals surface area contributed by atoms with Crippen molar-refractivity contribution in [1.82, 2.24) is 9.97 Å². The lowest BCUT2D eigenvalue weighted by atomic mass is 9.85. The Morgan fingerprint density at radius 1 is 0.467 bits per heavy atom. The Morgan fingerprint density at radius 2 is 1.09 bits per heavy atom. The van der Waals surface area contributed by atoms with Gasteiger partial charge in [-0.3, -0.25) is 9.97 Å². The highest BCUT2D eigenvalue weighted by Crippen LogP contribution is 2.40. The highest BCUT2D eigenvalue weighted by atomic mass is 14.8. The van der Waals surface area contributed by atoms with Crippen molar-refractivity contribution >= 4 is 21.8 Å². The minimum Gasteiger partial charge on any atom is -0.251 e. The summed E-state index contributed by atoms with van der Waals surface area (Å²) in [5, 5.41) is 2.32. The predicted octanol–water partition coefficient (Wildman–Crippen LogP) is 11.8. The van der Waals surface area contributed by atoms with E-state index in [1.807, 2.05) is 0 Å². The van der Waals surface area contributed by atoms with Gasteiger partial charge in [0.05, 0.1) is 11.0 Å². The Morgan fingerprint density at radius 3 is 1.82 bits per heavy atom. The van der Waals surface area contributed by atoms with E-state index in [9.17, 15) is 0 Å². The molecule has 0 atom stereocenters. The van der Waals surface area contributed by atoms with E-state index >= 15 is 0 Å². The maximum Gasteiger partial charge on any atom is 0.0974 e. The number of rotatable bonds is 5. The molecule has 218 valence electrons. The molecule has 0 spiro atoms. The molecule has 1 aliphatic rings. The minimum atomic E-state index is 0.515. The van der Waals surface area contributed by atoms with Gasteiger partial charge in [0.2, 0.25) is 0 Å². The Hall–Kier alpha value is -5.08. The van der Waals surface area contributed by atoms with Gasteiger partial charge in [0, 0.05) is 28.1 Å². The molecule has 0 amide bonds. The third kappa shape index (κ3) is 5.31. The quantitative estimate of drug-likeness (QED) is 0.189. The highest BCUT2D eigenvalue weighted by molar-refractivity contribution is 6.08. The van der Waals surface area contributed by atoms with E-state index < -0.39 is 0 Å². The molecule has 1 aliphatic carbocycles. The van der Waals surface area contributed by atoms with E-state index in [1.165, 1.54) is 87.7 Å². The summed E-state index contributed by atoms with van der Waals surface area (Å²) in [7, 11) is 0. The molecule has 2 aromatic heterocycles. The minimum absolute atomic E-state index is 0.515. The first-order chi connectivity index (χ1) is 22.2. The van der Waals surface area contributed by atoms with Crippen molar-refractivity contribution in [1.29, 1.82) is 0 Å². The highest BCUT2D eigenvalue weighted by Gasteiger charge is 2.20. The third-order valence-corrected chi connectivity index (χ3v) is 9.54. The standard InChI is InChI=1S/C43H36N2/c1-29-17-18-35-23-26-38-40(28-41(34-15-9-4-10-16-34)45-43(38)42(35)44-29)33-21-19-30(20-22-33)36-24-25-37(31-11-5-2-6-12-31)39(27-36)32-13-7-3-8-14-32/h2-3,5-8,11-14,17-28,34H,4,9-10,15-16H2,1H3. The van der Waals surface area contributed by atoms with Crippen LogP contribution < -0.4 is 0 Å². The van der Waals surface area contributed by atoms with Crippen LogP contribution in [0.2, 0.25) is 0 Å². The summed E-state index contributed by atoms with van der Waals surface area (Å²) in [6.07, 6.45) is 6.35. The van der Waals surface area contributed by atoms with E-state index in [0.29, 0.717) is 5.92 Å². The summed E-state index contributed by atoms with van der Waals surface area (Å²) in [6, 6.07) is 48.5. The molecule has 0 aliphatic heterocycles. The van der Waals surface area contributed by atoms with Gasteiger partial charge in [0.25, 0.3) is 0 Å². The number of fused-ring (bicyclic) bond motifs is 3. The van der Waals surface area contributed by atoms with Gasteiger partial charge in [-0.1, -0.05) is 135 Å². The summed E-state index contributed by atoms with van der Waals surface area (Å²) >= 11 is 0. The first-order valence-corrected chi connectivity index (χ1v) is 16.3. The van der Waals surface area contributed by atoms with Crippen LogP contribution in [0, 0.1) is 6.92 Å². The Kier molecular flexibility index (Phi) is 7.19. The van der Waals surface area contributed by atoms with Gasteiger partial charge in [-0.2, -0.15) is 0 Å². The molecule has 7 aromatic rings. The van der Waals surface area contributed by atoms with Gasteiger partial charge in [0.1, 0.15) is 0 Å². The zero-order valence-electron chi connectivity index (χ0n) is 25.7. The molecule has 0 N–H and O–H groups in total. The SMILES string of the molecule is Cc1ccc2ccc3c(-c4ccc(-c5ccc(-c6ccccc6)c(-c6ccccc6)c5)cc4)cc(C4CCCCC4)nc3c2n1. The molecular weight excluding hydrogens is 544 g/mol. The lowest BCUT2D eigenvalue weighted by Crippen LogP contribution is -2.07. The van der Waals surface area contributed by atoms with Gasteiger partial charge in [0.15, 0.2) is 0 Å². The van der Waals surface area contributed by atoms with Crippen molar-refractivity contribution in [3.05, 3.63) is 145 Å². The van der Waals surface area contributed by atoms with Crippen molar-refractivity contribution in [2.24, 2.45) is 0 Å². The summed E-state index contributed by atoms with van der Waals surface area (Å²) < 4.78 is 0. The van der Waals surface area contributed by atoms with Gasteiger partial charge < -0.3 is 0 Å².